The van der Waals surface area contributed by atoms with E-state index in [0.717, 1.165) is 23.1 Å². The number of amides is 2. The average Bonchev–Trinajstić information content (AvgIpc) is 3.14. The molecule has 2 heterocycles. The van der Waals surface area contributed by atoms with Crippen molar-refractivity contribution in [2.75, 3.05) is 16.8 Å². The number of nitrogens with zero attached hydrogens (tertiary/aromatic N) is 2. The van der Waals surface area contributed by atoms with Gasteiger partial charge in [0.15, 0.2) is 0 Å². The van der Waals surface area contributed by atoms with E-state index in [4.69, 9.17) is 0 Å². The quantitative estimate of drug-likeness (QED) is 0.850. The summed E-state index contributed by atoms with van der Waals surface area (Å²) in [6.07, 6.45) is 3.42. The third kappa shape index (κ3) is 3.38. The molecule has 6 heteroatoms. The zero-order valence-electron chi connectivity index (χ0n) is 13.8. The van der Waals surface area contributed by atoms with Crippen LogP contribution in [0.1, 0.15) is 43.2 Å². The zero-order chi connectivity index (χ0) is 17.3. The molecule has 0 atom stereocenters. The fourth-order valence-electron chi connectivity index (χ4n) is 2.90. The van der Waals surface area contributed by atoms with Gasteiger partial charge in [0.25, 0.3) is 5.91 Å². The lowest BCUT2D eigenvalue weighted by Gasteiger charge is -2.16. The highest BCUT2D eigenvalue weighted by Gasteiger charge is 2.21. The minimum atomic E-state index is -0.153. The number of anilines is 2. The van der Waals surface area contributed by atoms with Gasteiger partial charge in [-0.1, -0.05) is 0 Å². The molecule has 1 aliphatic heterocycles. The fraction of sp³-hybridized carbons (Fsp3) is 0.333. The number of nitrogens with one attached hydrogen (secondary N) is 1. The SMILES string of the molecule is CC(C)n1cc(Br)cc1C(=O)Nc1ccc(N2CCCC2=O)cc1. The maximum atomic E-state index is 12.5. The number of aromatic nitrogens is 1. The van der Waals surface area contributed by atoms with E-state index in [1.807, 2.05) is 54.9 Å². The predicted molar refractivity (Wildman–Crippen MR) is 98.5 cm³/mol. The van der Waals surface area contributed by atoms with Crippen LogP contribution in [0, 0.1) is 0 Å². The van der Waals surface area contributed by atoms with Crippen LogP contribution in [0.5, 0.6) is 0 Å². The molecule has 1 fully saturated rings. The molecule has 1 aromatic heterocycles. The Kier molecular flexibility index (Phi) is 4.76. The summed E-state index contributed by atoms with van der Waals surface area (Å²) < 4.78 is 2.81. The minimum Gasteiger partial charge on any atom is -0.340 e. The molecule has 3 rings (SSSR count). The summed E-state index contributed by atoms with van der Waals surface area (Å²) >= 11 is 3.42. The van der Waals surface area contributed by atoms with Crippen LogP contribution in [0.3, 0.4) is 0 Å². The normalized spacial score (nSPS) is 14.5. The Bertz CT molecular complexity index is 765. The Hall–Kier alpha value is -2.08. The van der Waals surface area contributed by atoms with Crippen molar-refractivity contribution in [2.24, 2.45) is 0 Å². The van der Waals surface area contributed by atoms with E-state index >= 15 is 0 Å². The standard InChI is InChI=1S/C18H20BrN3O2/c1-12(2)22-11-13(19)10-16(22)18(24)20-14-5-7-15(8-6-14)21-9-3-4-17(21)23/h5-8,10-12H,3-4,9H2,1-2H3,(H,20,24). The largest absolute Gasteiger partial charge is 0.340 e. The summed E-state index contributed by atoms with van der Waals surface area (Å²) in [6, 6.07) is 9.41. The Morgan fingerprint density at radius 3 is 2.54 bits per heavy atom. The third-order valence-electron chi connectivity index (χ3n) is 4.11. The monoisotopic (exact) mass is 389 g/mol. The molecule has 0 spiro atoms. The topological polar surface area (TPSA) is 54.3 Å². The van der Waals surface area contributed by atoms with Crippen LogP contribution in [0.4, 0.5) is 11.4 Å². The summed E-state index contributed by atoms with van der Waals surface area (Å²) in [5.74, 6) is 0.00537. The molecule has 1 saturated heterocycles. The van der Waals surface area contributed by atoms with Gasteiger partial charge in [0.05, 0.1) is 0 Å². The van der Waals surface area contributed by atoms with Gasteiger partial charge < -0.3 is 14.8 Å². The maximum Gasteiger partial charge on any atom is 0.272 e. The van der Waals surface area contributed by atoms with Crippen LogP contribution in [0.15, 0.2) is 41.0 Å². The number of rotatable bonds is 4. The minimum absolute atomic E-state index is 0.153. The Balaban J connectivity index is 1.74. The summed E-state index contributed by atoms with van der Waals surface area (Å²) in [5.41, 5.74) is 2.20. The van der Waals surface area contributed by atoms with E-state index in [9.17, 15) is 9.59 Å². The van der Waals surface area contributed by atoms with Crippen LogP contribution in [-0.2, 0) is 4.79 Å². The molecule has 5 nitrogen and oxygen atoms in total. The highest BCUT2D eigenvalue weighted by Crippen LogP contribution is 2.24. The lowest BCUT2D eigenvalue weighted by Crippen LogP contribution is -2.23. The van der Waals surface area contributed by atoms with Crippen LogP contribution in [0.25, 0.3) is 0 Å². The van der Waals surface area contributed by atoms with Gasteiger partial charge >= 0.3 is 0 Å². The fourth-order valence-corrected chi connectivity index (χ4v) is 3.33. The van der Waals surface area contributed by atoms with E-state index in [0.29, 0.717) is 17.8 Å². The molecule has 0 saturated carbocycles. The first-order chi connectivity index (χ1) is 11.5. The Morgan fingerprint density at radius 2 is 1.96 bits per heavy atom. The molecule has 0 unspecified atom stereocenters. The van der Waals surface area contributed by atoms with Gasteiger partial charge in [-0.25, -0.2) is 0 Å². The molecule has 1 N–H and O–H groups in total. The van der Waals surface area contributed by atoms with Crippen molar-refractivity contribution in [2.45, 2.75) is 32.7 Å². The van der Waals surface area contributed by atoms with Gasteiger partial charge in [-0.2, -0.15) is 0 Å². The van der Waals surface area contributed by atoms with Gasteiger partial charge in [-0.15, -0.1) is 0 Å². The summed E-state index contributed by atoms with van der Waals surface area (Å²) in [4.78, 5) is 26.1. The molecule has 0 radical (unpaired) electrons. The maximum absolute atomic E-state index is 12.5. The van der Waals surface area contributed by atoms with Crippen LogP contribution in [0.2, 0.25) is 0 Å². The van der Waals surface area contributed by atoms with Crippen LogP contribution < -0.4 is 10.2 Å². The zero-order valence-corrected chi connectivity index (χ0v) is 15.3. The summed E-state index contributed by atoms with van der Waals surface area (Å²) in [7, 11) is 0. The molecule has 0 aliphatic carbocycles. The van der Waals surface area contributed by atoms with Crippen molar-refractivity contribution in [3.05, 3.63) is 46.7 Å². The van der Waals surface area contributed by atoms with Crippen LogP contribution in [-0.4, -0.2) is 22.9 Å². The van der Waals surface area contributed by atoms with Crippen molar-refractivity contribution in [1.82, 2.24) is 4.57 Å². The smallest absolute Gasteiger partial charge is 0.272 e. The van der Waals surface area contributed by atoms with Gasteiger partial charge in [0.1, 0.15) is 5.69 Å². The van der Waals surface area contributed by atoms with E-state index in [1.54, 1.807) is 4.90 Å². The number of hydrogen-bond donors (Lipinski definition) is 1. The Labute approximate surface area is 149 Å². The van der Waals surface area contributed by atoms with Crippen molar-refractivity contribution < 1.29 is 9.59 Å². The van der Waals surface area contributed by atoms with E-state index in [2.05, 4.69) is 21.2 Å². The molecular weight excluding hydrogens is 370 g/mol. The molecule has 2 amide bonds. The number of halogens is 1. The first kappa shape index (κ1) is 16.8. The molecule has 2 aromatic rings. The number of carbonyl (C=O) groups excluding carboxylic acids is 2. The van der Waals surface area contributed by atoms with Crippen molar-refractivity contribution >= 4 is 39.1 Å². The average molecular weight is 390 g/mol. The lowest BCUT2D eigenvalue weighted by atomic mass is 10.2. The third-order valence-corrected chi connectivity index (χ3v) is 4.55. The van der Waals surface area contributed by atoms with Crippen molar-refractivity contribution in [1.29, 1.82) is 0 Å². The van der Waals surface area contributed by atoms with Gasteiger partial charge in [0.2, 0.25) is 5.91 Å². The molecule has 1 aliphatic rings. The van der Waals surface area contributed by atoms with E-state index < -0.39 is 0 Å². The molecule has 1 aromatic carbocycles. The number of carbonyl (C=O) groups is 2. The molecular formula is C18H20BrN3O2. The van der Waals surface area contributed by atoms with Gasteiger partial charge in [-0.05, 0) is 66.5 Å². The van der Waals surface area contributed by atoms with Crippen molar-refractivity contribution in [3.63, 3.8) is 0 Å². The van der Waals surface area contributed by atoms with Crippen LogP contribution >= 0.6 is 15.9 Å². The summed E-state index contributed by atoms with van der Waals surface area (Å²) in [6.45, 7) is 4.83. The second-order valence-corrected chi connectivity index (χ2v) is 7.11. The number of benzene rings is 1. The van der Waals surface area contributed by atoms with Crippen molar-refractivity contribution in [3.8, 4) is 0 Å². The first-order valence-corrected chi connectivity index (χ1v) is 8.84. The number of hydrogen-bond acceptors (Lipinski definition) is 2. The van der Waals surface area contributed by atoms with E-state index in [-0.39, 0.29) is 17.9 Å². The second-order valence-electron chi connectivity index (χ2n) is 6.19. The second kappa shape index (κ2) is 6.81. The lowest BCUT2D eigenvalue weighted by molar-refractivity contribution is -0.117. The van der Waals surface area contributed by atoms with Gasteiger partial charge in [0, 0.05) is 41.1 Å². The Morgan fingerprint density at radius 1 is 1.25 bits per heavy atom. The molecule has 0 bridgehead atoms. The molecule has 126 valence electrons. The highest BCUT2D eigenvalue weighted by molar-refractivity contribution is 9.10. The first-order valence-electron chi connectivity index (χ1n) is 8.05. The van der Waals surface area contributed by atoms with E-state index in [1.165, 1.54) is 0 Å². The summed E-state index contributed by atoms with van der Waals surface area (Å²) in [5, 5.41) is 2.91. The molecule has 24 heavy (non-hydrogen) atoms. The highest BCUT2D eigenvalue weighted by atomic mass is 79.9. The predicted octanol–water partition coefficient (Wildman–Crippen LogP) is 4.21. The van der Waals surface area contributed by atoms with Gasteiger partial charge in [-0.3, -0.25) is 9.59 Å².